The number of benzene rings is 2. The third-order valence-electron chi connectivity index (χ3n) is 3.96. The van der Waals surface area contributed by atoms with Gasteiger partial charge in [-0.2, -0.15) is 0 Å². The van der Waals surface area contributed by atoms with Crippen LogP contribution in [-0.2, 0) is 20.7 Å². The van der Waals surface area contributed by atoms with Gasteiger partial charge in [-0.25, -0.2) is 0 Å². The van der Waals surface area contributed by atoms with Crippen molar-refractivity contribution in [3.63, 3.8) is 0 Å². The Labute approximate surface area is 157 Å². The van der Waals surface area contributed by atoms with Crippen molar-refractivity contribution in [3.05, 3.63) is 54.1 Å². The average Bonchev–Trinajstić information content (AvgIpc) is 2.71. The number of nitrogens with one attached hydrogen (secondary N) is 1. The first-order chi connectivity index (χ1) is 13.1. The molecule has 7 nitrogen and oxygen atoms in total. The van der Waals surface area contributed by atoms with E-state index in [0.717, 1.165) is 5.56 Å². The molecular weight excluding hydrogens is 350 g/mol. The van der Waals surface area contributed by atoms with Gasteiger partial charge in [-0.3, -0.25) is 9.59 Å². The van der Waals surface area contributed by atoms with Crippen LogP contribution in [0.3, 0.4) is 0 Å². The molecule has 1 amide bonds. The fourth-order valence-corrected chi connectivity index (χ4v) is 2.53. The molecule has 0 unspecified atom stereocenters. The Morgan fingerprint density at radius 3 is 2.59 bits per heavy atom. The zero-order valence-corrected chi connectivity index (χ0v) is 15.0. The van der Waals surface area contributed by atoms with E-state index in [0.29, 0.717) is 30.4 Å². The molecule has 1 aliphatic heterocycles. The highest BCUT2D eigenvalue weighted by Gasteiger charge is 2.21. The molecule has 0 bridgehead atoms. The lowest BCUT2D eigenvalue weighted by Gasteiger charge is -2.26. The number of esters is 1. The number of hydrogen-bond donors (Lipinski definition) is 1. The summed E-state index contributed by atoms with van der Waals surface area (Å²) in [5, 5.41) is 2.77. The molecule has 1 aliphatic rings. The zero-order chi connectivity index (χ0) is 19.1. The van der Waals surface area contributed by atoms with Gasteiger partial charge in [0.1, 0.15) is 18.5 Å². The van der Waals surface area contributed by atoms with Crippen LogP contribution in [0.2, 0.25) is 0 Å². The maximum atomic E-state index is 12.0. The van der Waals surface area contributed by atoms with Crippen LogP contribution < -0.4 is 19.5 Å². The van der Waals surface area contributed by atoms with E-state index in [9.17, 15) is 9.59 Å². The first kappa shape index (κ1) is 18.6. The van der Waals surface area contributed by atoms with Gasteiger partial charge in [0, 0.05) is 0 Å². The summed E-state index contributed by atoms with van der Waals surface area (Å²) in [6, 6.07) is 14.4. The van der Waals surface area contributed by atoms with Gasteiger partial charge in [-0.1, -0.05) is 24.3 Å². The van der Waals surface area contributed by atoms with Crippen LogP contribution >= 0.6 is 0 Å². The van der Waals surface area contributed by atoms with E-state index in [1.165, 1.54) is 7.11 Å². The maximum Gasteiger partial charge on any atom is 0.309 e. The molecule has 0 aromatic heterocycles. The van der Waals surface area contributed by atoms with Crippen molar-refractivity contribution in [1.29, 1.82) is 0 Å². The number of methoxy groups -OCH3 is 1. The van der Waals surface area contributed by atoms with Crippen molar-refractivity contribution in [2.24, 2.45) is 0 Å². The number of fused-ring (bicyclic) bond motifs is 1. The highest BCUT2D eigenvalue weighted by molar-refractivity contribution is 5.77. The van der Waals surface area contributed by atoms with E-state index in [1.807, 2.05) is 24.3 Å². The van der Waals surface area contributed by atoms with Gasteiger partial charge in [-0.05, 0) is 29.8 Å². The number of hydrogen-bond acceptors (Lipinski definition) is 6. The molecule has 1 N–H and O–H groups in total. The Balaban J connectivity index is 1.39. The van der Waals surface area contributed by atoms with E-state index in [-0.39, 0.29) is 31.0 Å². The molecular formula is C20H21NO6. The topological polar surface area (TPSA) is 83.1 Å². The highest BCUT2D eigenvalue weighted by atomic mass is 16.6. The molecule has 0 spiro atoms. The number of carbonyl (C=O) groups excluding carboxylic acids is 2. The fraction of sp³-hybridized carbons (Fsp3) is 0.300. The van der Waals surface area contributed by atoms with Gasteiger partial charge >= 0.3 is 5.97 Å². The molecule has 7 heteroatoms. The van der Waals surface area contributed by atoms with Crippen LogP contribution in [0.15, 0.2) is 48.5 Å². The van der Waals surface area contributed by atoms with Crippen molar-refractivity contribution in [1.82, 2.24) is 5.32 Å². The van der Waals surface area contributed by atoms with Crippen molar-refractivity contribution in [3.8, 4) is 17.2 Å². The Morgan fingerprint density at radius 1 is 1.11 bits per heavy atom. The molecule has 27 heavy (non-hydrogen) atoms. The van der Waals surface area contributed by atoms with Gasteiger partial charge in [-0.15, -0.1) is 0 Å². The highest BCUT2D eigenvalue weighted by Crippen LogP contribution is 2.30. The standard InChI is InChI=1S/C20H21NO6/c1-24-20(23)10-14-6-8-15(9-7-14)25-13-19(22)21-11-16-12-26-17-4-2-3-5-18(17)27-16/h2-9,16H,10-13H2,1H3,(H,21,22)/t16-/m0/s1. The Hall–Kier alpha value is -3.22. The lowest BCUT2D eigenvalue weighted by Crippen LogP contribution is -2.42. The van der Waals surface area contributed by atoms with Crippen molar-refractivity contribution < 1.29 is 28.5 Å². The second-order valence-corrected chi connectivity index (χ2v) is 5.99. The summed E-state index contributed by atoms with van der Waals surface area (Å²) in [6.07, 6.45) is -0.0504. The van der Waals surface area contributed by atoms with Gasteiger partial charge < -0.3 is 24.3 Å². The molecule has 0 saturated heterocycles. The molecule has 3 rings (SSSR count). The van der Waals surface area contributed by atoms with Gasteiger partial charge in [0.2, 0.25) is 0 Å². The predicted octanol–water partition coefficient (Wildman–Crippen LogP) is 1.74. The first-order valence-corrected chi connectivity index (χ1v) is 8.58. The molecule has 2 aromatic rings. The fourth-order valence-electron chi connectivity index (χ4n) is 2.53. The minimum absolute atomic E-state index is 0.111. The number of rotatable bonds is 7. The Morgan fingerprint density at radius 2 is 1.85 bits per heavy atom. The normalized spacial score (nSPS) is 14.9. The Bertz CT molecular complexity index is 789. The number of carbonyl (C=O) groups is 2. The van der Waals surface area contributed by atoms with Gasteiger partial charge in [0.25, 0.3) is 5.91 Å². The predicted molar refractivity (Wildman–Crippen MR) is 97.0 cm³/mol. The number of ether oxygens (including phenoxy) is 4. The molecule has 0 fully saturated rings. The van der Waals surface area contributed by atoms with Crippen LogP contribution in [0.4, 0.5) is 0 Å². The van der Waals surface area contributed by atoms with Crippen LogP contribution in [0, 0.1) is 0 Å². The lowest BCUT2D eigenvalue weighted by molar-refractivity contribution is -0.139. The number of para-hydroxylation sites is 2. The number of amides is 1. The third kappa shape index (κ3) is 5.37. The van der Waals surface area contributed by atoms with E-state index in [1.54, 1.807) is 24.3 Å². The SMILES string of the molecule is COC(=O)Cc1ccc(OCC(=O)NC[C@H]2COc3ccccc3O2)cc1. The molecule has 1 heterocycles. The minimum Gasteiger partial charge on any atom is -0.486 e. The van der Waals surface area contributed by atoms with Crippen LogP contribution in [0.1, 0.15) is 5.56 Å². The van der Waals surface area contributed by atoms with Gasteiger partial charge in [0.05, 0.1) is 20.1 Å². The van der Waals surface area contributed by atoms with Crippen molar-refractivity contribution in [2.75, 3.05) is 26.9 Å². The second-order valence-electron chi connectivity index (χ2n) is 5.99. The monoisotopic (exact) mass is 371 g/mol. The summed E-state index contributed by atoms with van der Waals surface area (Å²) in [5.74, 6) is 1.37. The van der Waals surface area contributed by atoms with E-state index >= 15 is 0 Å². The van der Waals surface area contributed by atoms with E-state index in [4.69, 9.17) is 14.2 Å². The molecule has 1 atom stereocenters. The summed E-state index contributed by atoms with van der Waals surface area (Å²) in [7, 11) is 1.35. The van der Waals surface area contributed by atoms with Crippen molar-refractivity contribution >= 4 is 11.9 Å². The molecule has 0 saturated carbocycles. The minimum atomic E-state index is -0.306. The van der Waals surface area contributed by atoms with Crippen LogP contribution in [-0.4, -0.2) is 44.8 Å². The second kappa shape index (κ2) is 8.93. The van der Waals surface area contributed by atoms with Crippen LogP contribution in [0.5, 0.6) is 17.2 Å². The van der Waals surface area contributed by atoms with E-state index in [2.05, 4.69) is 10.1 Å². The van der Waals surface area contributed by atoms with Crippen LogP contribution in [0.25, 0.3) is 0 Å². The molecule has 142 valence electrons. The zero-order valence-electron chi connectivity index (χ0n) is 15.0. The van der Waals surface area contributed by atoms with Crippen molar-refractivity contribution in [2.45, 2.75) is 12.5 Å². The third-order valence-corrected chi connectivity index (χ3v) is 3.96. The molecule has 0 radical (unpaired) electrons. The summed E-state index contributed by atoms with van der Waals surface area (Å²) in [4.78, 5) is 23.2. The van der Waals surface area contributed by atoms with Gasteiger partial charge in [0.15, 0.2) is 18.1 Å². The van der Waals surface area contributed by atoms with E-state index < -0.39 is 0 Å². The lowest BCUT2D eigenvalue weighted by atomic mass is 10.1. The molecule has 2 aromatic carbocycles. The Kier molecular flexibility index (Phi) is 6.14. The average molecular weight is 371 g/mol. The molecule has 0 aliphatic carbocycles. The maximum absolute atomic E-state index is 12.0. The first-order valence-electron chi connectivity index (χ1n) is 8.58. The summed E-state index contributed by atoms with van der Waals surface area (Å²) < 4.78 is 21.5. The quantitative estimate of drug-likeness (QED) is 0.747. The summed E-state index contributed by atoms with van der Waals surface area (Å²) in [6.45, 7) is 0.592. The largest absolute Gasteiger partial charge is 0.486 e. The summed E-state index contributed by atoms with van der Waals surface area (Å²) >= 11 is 0. The smallest absolute Gasteiger partial charge is 0.309 e. The summed E-state index contributed by atoms with van der Waals surface area (Å²) in [5.41, 5.74) is 0.813.